The van der Waals surface area contributed by atoms with Gasteiger partial charge in [-0.15, -0.1) is 0 Å². The number of benzene rings is 2. The Morgan fingerprint density at radius 1 is 1.22 bits per heavy atom. The summed E-state index contributed by atoms with van der Waals surface area (Å²) in [4.78, 5) is 24.6. The number of carbonyl (C=O) groups excluding carboxylic acids is 1. The SMILES string of the molecule is Cc1cc(Cl)cc(-c2c(-c3ccc4c(=O)[nH]nc(CNC(=O)OC(C)(C)C)c4c3)cnn2C)c1C#N. The van der Waals surface area contributed by atoms with Crippen LogP contribution in [0, 0.1) is 18.3 Å². The molecular weight excluding hydrogens is 480 g/mol. The maximum Gasteiger partial charge on any atom is 0.407 e. The number of hydrogen-bond donors (Lipinski definition) is 2. The molecule has 0 aliphatic carbocycles. The number of nitrogens with one attached hydrogen (secondary N) is 2. The second kappa shape index (κ2) is 9.47. The van der Waals surface area contributed by atoms with Crippen LogP contribution in [0.3, 0.4) is 0 Å². The van der Waals surface area contributed by atoms with Crippen LogP contribution < -0.4 is 10.9 Å². The van der Waals surface area contributed by atoms with E-state index in [-0.39, 0.29) is 12.1 Å². The molecule has 0 atom stereocenters. The third-order valence-corrected chi connectivity index (χ3v) is 5.80. The van der Waals surface area contributed by atoms with Crippen LogP contribution in [0.4, 0.5) is 4.79 Å². The molecule has 36 heavy (non-hydrogen) atoms. The van der Waals surface area contributed by atoms with E-state index < -0.39 is 11.7 Å². The van der Waals surface area contributed by atoms with Crippen LogP contribution in [0.5, 0.6) is 0 Å². The summed E-state index contributed by atoms with van der Waals surface area (Å²) in [5.74, 6) is 0. The number of ether oxygens (including phenoxy) is 1. The van der Waals surface area contributed by atoms with E-state index in [1.165, 1.54) is 0 Å². The van der Waals surface area contributed by atoms with Gasteiger partial charge in [0.1, 0.15) is 11.7 Å². The molecule has 0 aliphatic heterocycles. The molecule has 4 rings (SSSR count). The van der Waals surface area contributed by atoms with E-state index in [9.17, 15) is 14.9 Å². The number of rotatable bonds is 4. The van der Waals surface area contributed by atoms with Gasteiger partial charge < -0.3 is 10.1 Å². The molecule has 0 aliphatic rings. The predicted octanol–water partition coefficient (Wildman–Crippen LogP) is 4.85. The number of amides is 1. The zero-order valence-electron chi connectivity index (χ0n) is 20.6. The number of nitrogens with zero attached hydrogens (tertiary/aromatic N) is 4. The Morgan fingerprint density at radius 3 is 2.67 bits per heavy atom. The second-order valence-electron chi connectivity index (χ2n) is 9.40. The fraction of sp³-hybridized carbons (Fsp3) is 0.269. The molecule has 2 aromatic carbocycles. The van der Waals surface area contributed by atoms with Gasteiger partial charge in [0, 0.05) is 28.6 Å². The van der Waals surface area contributed by atoms with Crippen LogP contribution in [-0.2, 0) is 18.3 Å². The number of fused-ring (bicyclic) bond motifs is 1. The monoisotopic (exact) mass is 504 g/mol. The average Bonchev–Trinajstić information content (AvgIpc) is 3.18. The highest BCUT2D eigenvalue weighted by Gasteiger charge is 2.20. The number of H-pyrrole nitrogens is 1. The maximum atomic E-state index is 12.5. The molecule has 9 nitrogen and oxygen atoms in total. The Morgan fingerprint density at radius 2 is 1.97 bits per heavy atom. The molecule has 0 unspecified atom stereocenters. The average molecular weight is 505 g/mol. The van der Waals surface area contributed by atoms with Crippen LogP contribution in [-0.4, -0.2) is 31.7 Å². The number of carbonyl (C=O) groups is 1. The minimum absolute atomic E-state index is 0.0532. The van der Waals surface area contributed by atoms with E-state index in [0.29, 0.717) is 38.3 Å². The number of aromatic nitrogens is 4. The molecular formula is C26H25ClN6O3. The van der Waals surface area contributed by atoms with Gasteiger partial charge in [-0.05, 0) is 63.1 Å². The highest BCUT2D eigenvalue weighted by atomic mass is 35.5. The minimum atomic E-state index is -0.643. The molecule has 2 N–H and O–H groups in total. The molecule has 0 saturated heterocycles. The lowest BCUT2D eigenvalue weighted by Gasteiger charge is -2.19. The maximum absolute atomic E-state index is 12.5. The third kappa shape index (κ3) is 4.95. The minimum Gasteiger partial charge on any atom is -0.444 e. The van der Waals surface area contributed by atoms with Crippen molar-refractivity contribution in [1.82, 2.24) is 25.3 Å². The molecule has 10 heteroatoms. The standard InChI is InChI=1S/C26H25ClN6O3/c1-14-8-16(27)10-19(20(14)11-28)23-21(12-30-33(23)5)15-6-7-17-18(9-15)22(31-32-24(17)34)13-29-25(35)36-26(2,3)4/h6-10,12H,13H2,1-5H3,(H,29,35)(H,32,34). The van der Waals surface area contributed by atoms with Crippen molar-refractivity contribution in [2.24, 2.45) is 7.05 Å². The zero-order chi connectivity index (χ0) is 26.2. The van der Waals surface area contributed by atoms with E-state index in [1.807, 2.05) is 19.1 Å². The van der Waals surface area contributed by atoms with Crippen molar-refractivity contribution in [3.63, 3.8) is 0 Å². The predicted molar refractivity (Wildman–Crippen MR) is 138 cm³/mol. The lowest BCUT2D eigenvalue weighted by molar-refractivity contribution is 0.0523. The van der Waals surface area contributed by atoms with Gasteiger partial charge in [0.25, 0.3) is 5.56 Å². The summed E-state index contributed by atoms with van der Waals surface area (Å²) in [7, 11) is 1.79. The molecule has 0 bridgehead atoms. The van der Waals surface area contributed by atoms with Crippen LogP contribution in [0.15, 0.2) is 41.3 Å². The van der Waals surface area contributed by atoms with Crippen LogP contribution in [0.1, 0.15) is 37.6 Å². The first-order valence-electron chi connectivity index (χ1n) is 11.2. The summed E-state index contributed by atoms with van der Waals surface area (Å²) >= 11 is 6.33. The molecule has 184 valence electrons. The number of halogens is 1. The molecule has 0 fully saturated rings. The van der Waals surface area contributed by atoms with Gasteiger partial charge in [-0.25, -0.2) is 9.89 Å². The highest BCUT2D eigenvalue weighted by molar-refractivity contribution is 6.31. The summed E-state index contributed by atoms with van der Waals surface area (Å²) in [6.45, 7) is 7.21. The Bertz CT molecular complexity index is 1590. The number of alkyl carbamates (subject to hydrolysis) is 1. The van der Waals surface area contributed by atoms with Crippen molar-refractivity contribution in [3.8, 4) is 28.5 Å². The number of aromatic amines is 1. The van der Waals surface area contributed by atoms with Crippen molar-refractivity contribution in [3.05, 3.63) is 68.7 Å². The van der Waals surface area contributed by atoms with E-state index in [0.717, 1.165) is 16.7 Å². The molecule has 0 spiro atoms. The van der Waals surface area contributed by atoms with Crippen LogP contribution in [0.25, 0.3) is 33.2 Å². The van der Waals surface area contributed by atoms with Gasteiger partial charge >= 0.3 is 6.09 Å². The fourth-order valence-corrected chi connectivity index (χ4v) is 4.31. The van der Waals surface area contributed by atoms with Crippen molar-refractivity contribution in [2.45, 2.75) is 39.8 Å². The van der Waals surface area contributed by atoms with E-state index in [2.05, 4.69) is 26.7 Å². The van der Waals surface area contributed by atoms with Gasteiger partial charge in [-0.1, -0.05) is 17.7 Å². The first-order chi connectivity index (χ1) is 17.0. The van der Waals surface area contributed by atoms with Gasteiger partial charge in [0.15, 0.2) is 0 Å². The Balaban J connectivity index is 1.82. The van der Waals surface area contributed by atoms with E-state index in [1.54, 1.807) is 56.9 Å². The smallest absolute Gasteiger partial charge is 0.407 e. The number of nitriles is 1. The van der Waals surface area contributed by atoms with Crippen molar-refractivity contribution in [1.29, 1.82) is 5.26 Å². The third-order valence-electron chi connectivity index (χ3n) is 5.58. The molecule has 0 radical (unpaired) electrons. The number of hydrogen-bond acceptors (Lipinski definition) is 6. The fourth-order valence-electron chi connectivity index (χ4n) is 4.04. The second-order valence-corrected chi connectivity index (χ2v) is 9.84. The summed E-state index contributed by atoms with van der Waals surface area (Å²) in [5.41, 5.74) is 3.63. The first-order valence-corrected chi connectivity index (χ1v) is 11.6. The lowest BCUT2D eigenvalue weighted by atomic mass is 9.94. The van der Waals surface area contributed by atoms with Crippen molar-refractivity contribution < 1.29 is 9.53 Å². The highest BCUT2D eigenvalue weighted by Crippen LogP contribution is 2.37. The lowest BCUT2D eigenvalue weighted by Crippen LogP contribution is -2.32. The van der Waals surface area contributed by atoms with Crippen LogP contribution >= 0.6 is 11.6 Å². The Labute approximate surface area is 212 Å². The Hall–Kier alpha value is -4.16. The molecule has 2 heterocycles. The topological polar surface area (TPSA) is 126 Å². The largest absolute Gasteiger partial charge is 0.444 e. The summed E-state index contributed by atoms with van der Waals surface area (Å²) in [6, 6.07) is 11.1. The van der Waals surface area contributed by atoms with Gasteiger partial charge in [0.05, 0.1) is 35.1 Å². The number of aryl methyl sites for hydroxylation is 2. The normalized spacial score (nSPS) is 11.4. The van der Waals surface area contributed by atoms with Gasteiger partial charge in [-0.3, -0.25) is 9.48 Å². The molecule has 0 saturated carbocycles. The quantitative estimate of drug-likeness (QED) is 0.409. The van der Waals surface area contributed by atoms with E-state index >= 15 is 0 Å². The first kappa shape index (κ1) is 24.9. The van der Waals surface area contributed by atoms with Crippen LogP contribution in [0.2, 0.25) is 5.02 Å². The zero-order valence-corrected chi connectivity index (χ0v) is 21.3. The molecule has 2 aromatic heterocycles. The van der Waals surface area contributed by atoms with Gasteiger partial charge in [-0.2, -0.15) is 15.5 Å². The van der Waals surface area contributed by atoms with Crippen molar-refractivity contribution >= 4 is 28.5 Å². The Kier molecular flexibility index (Phi) is 6.57. The van der Waals surface area contributed by atoms with E-state index in [4.69, 9.17) is 16.3 Å². The summed E-state index contributed by atoms with van der Waals surface area (Å²) < 4.78 is 6.99. The molecule has 4 aromatic rings. The summed E-state index contributed by atoms with van der Waals surface area (Å²) in [6.07, 6.45) is 1.11. The molecule has 1 amide bonds. The van der Waals surface area contributed by atoms with Gasteiger partial charge in [0.2, 0.25) is 0 Å². The summed E-state index contributed by atoms with van der Waals surface area (Å²) in [5, 5.41) is 25.1. The van der Waals surface area contributed by atoms with Crippen molar-refractivity contribution in [2.75, 3.05) is 0 Å².